The van der Waals surface area contributed by atoms with Crippen molar-refractivity contribution in [2.24, 2.45) is 4.99 Å². The minimum Gasteiger partial charge on any atom is -0.295 e. The van der Waals surface area contributed by atoms with Crippen molar-refractivity contribution in [3.05, 3.63) is 86.7 Å². The first kappa shape index (κ1) is 19.2. The SMILES string of the molecule is Cc1[nH]n(-c2cccc3ccccc23)c(=O)c1C=Nc1ccc(SC#N)c(Br)c1. The average Bonchev–Trinajstić information content (AvgIpc) is 3.01. The molecule has 0 aliphatic rings. The molecule has 1 heterocycles. The quantitative estimate of drug-likeness (QED) is 0.239. The molecule has 142 valence electrons. The lowest BCUT2D eigenvalue weighted by Crippen LogP contribution is -2.17. The standard InChI is InChI=1S/C22H15BrN4OS/c1-14-18(12-25-16-9-10-21(29-13-24)19(23)11-16)22(28)27(26-14)20-8-4-6-15-5-2-3-7-17(15)20/h2-12,26H,1H3. The molecule has 1 N–H and O–H groups in total. The molecule has 0 aliphatic carbocycles. The van der Waals surface area contributed by atoms with Crippen LogP contribution in [0.25, 0.3) is 16.5 Å². The average molecular weight is 463 g/mol. The number of aromatic nitrogens is 2. The van der Waals surface area contributed by atoms with Gasteiger partial charge in [-0.05, 0) is 64.3 Å². The van der Waals surface area contributed by atoms with Crippen LogP contribution in [0.3, 0.4) is 0 Å². The first-order valence-corrected chi connectivity index (χ1v) is 10.4. The van der Waals surface area contributed by atoms with Gasteiger partial charge >= 0.3 is 0 Å². The highest BCUT2D eigenvalue weighted by Gasteiger charge is 2.12. The number of H-pyrrole nitrogens is 1. The second-order valence-electron chi connectivity index (χ2n) is 6.36. The second-order valence-corrected chi connectivity index (χ2v) is 8.04. The largest absolute Gasteiger partial charge is 0.295 e. The molecule has 0 saturated carbocycles. The van der Waals surface area contributed by atoms with Crippen molar-refractivity contribution < 1.29 is 0 Å². The summed E-state index contributed by atoms with van der Waals surface area (Å²) in [6, 6.07) is 19.3. The summed E-state index contributed by atoms with van der Waals surface area (Å²) in [5.41, 5.74) is 2.58. The van der Waals surface area contributed by atoms with Crippen LogP contribution >= 0.6 is 27.7 Å². The van der Waals surface area contributed by atoms with Gasteiger partial charge in [-0.3, -0.25) is 14.9 Å². The molecule has 5 nitrogen and oxygen atoms in total. The highest BCUT2D eigenvalue weighted by molar-refractivity contribution is 9.10. The zero-order valence-electron chi connectivity index (χ0n) is 15.4. The Bertz CT molecular complexity index is 1340. The van der Waals surface area contributed by atoms with Crippen LogP contribution in [0.15, 0.2) is 79.8 Å². The van der Waals surface area contributed by atoms with E-state index >= 15 is 0 Å². The van der Waals surface area contributed by atoms with Crippen LogP contribution in [0.5, 0.6) is 0 Å². The van der Waals surface area contributed by atoms with E-state index in [-0.39, 0.29) is 5.56 Å². The highest BCUT2D eigenvalue weighted by atomic mass is 79.9. The third-order valence-electron chi connectivity index (χ3n) is 4.54. The second kappa shape index (κ2) is 8.11. The monoisotopic (exact) mass is 462 g/mol. The van der Waals surface area contributed by atoms with Crippen molar-refractivity contribution in [1.29, 1.82) is 5.26 Å². The number of hydrogen-bond acceptors (Lipinski definition) is 4. The fraction of sp³-hybridized carbons (Fsp3) is 0.0455. The van der Waals surface area contributed by atoms with Gasteiger partial charge in [-0.2, -0.15) is 5.26 Å². The maximum Gasteiger partial charge on any atom is 0.280 e. The van der Waals surface area contributed by atoms with Gasteiger partial charge in [-0.25, -0.2) is 4.68 Å². The van der Waals surface area contributed by atoms with Crippen LogP contribution < -0.4 is 5.56 Å². The van der Waals surface area contributed by atoms with Crippen LogP contribution in [-0.4, -0.2) is 16.0 Å². The Kier molecular flexibility index (Phi) is 5.38. The maximum atomic E-state index is 13.1. The number of thiocyanates is 1. The van der Waals surface area contributed by atoms with Crippen molar-refractivity contribution in [2.45, 2.75) is 11.8 Å². The van der Waals surface area contributed by atoms with Crippen LogP contribution in [0, 0.1) is 17.6 Å². The van der Waals surface area contributed by atoms with Crippen molar-refractivity contribution in [3.8, 4) is 11.1 Å². The topological polar surface area (TPSA) is 73.9 Å². The molecule has 0 spiro atoms. The van der Waals surface area contributed by atoms with E-state index in [0.29, 0.717) is 11.3 Å². The summed E-state index contributed by atoms with van der Waals surface area (Å²) in [4.78, 5) is 18.3. The third kappa shape index (κ3) is 3.77. The van der Waals surface area contributed by atoms with Crippen LogP contribution in [0.2, 0.25) is 0 Å². The number of halogens is 1. The van der Waals surface area contributed by atoms with Gasteiger partial charge < -0.3 is 0 Å². The van der Waals surface area contributed by atoms with Gasteiger partial charge in [0.2, 0.25) is 0 Å². The van der Waals surface area contributed by atoms with Gasteiger partial charge in [0.05, 0.1) is 16.9 Å². The Balaban J connectivity index is 1.73. The number of nitrogens with zero attached hydrogens (tertiary/aromatic N) is 3. The van der Waals surface area contributed by atoms with Crippen molar-refractivity contribution in [3.63, 3.8) is 0 Å². The van der Waals surface area contributed by atoms with Crippen molar-refractivity contribution in [2.75, 3.05) is 0 Å². The smallest absolute Gasteiger partial charge is 0.280 e. The maximum absolute atomic E-state index is 13.1. The highest BCUT2D eigenvalue weighted by Crippen LogP contribution is 2.30. The number of thioether (sulfide) groups is 1. The Morgan fingerprint density at radius 1 is 1.17 bits per heavy atom. The fourth-order valence-corrected chi connectivity index (χ4v) is 4.13. The summed E-state index contributed by atoms with van der Waals surface area (Å²) in [6.07, 6.45) is 1.58. The molecule has 4 rings (SSSR count). The summed E-state index contributed by atoms with van der Waals surface area (Å²) >= 11 is 4.52. The number of fused-ring (bicyclic) bond motifs is 1. The molecule has 0 fully saturated rings. The predicted octanol–water partition coefficient (Wildman–Crippen LogP) is 5.71. The molecule has 0 atom stereocenters. The number of aryl methyl sites for hydroxylation is 1. The van der Waals surface area contributed by atoms with E-state index in [2.05, 4.69) is 26.0 Å². The van der Waals surface area contributed by atoms with E-state index in [9.17, 15) is 4.79 Å². The van der Waals surface area contributed by atoms with Gasteiger partial charge in [0, 0.05) is 26.7 Å². The van der Waals surface area contributed by atoms with Gasteiger partial charge in [-0.15, -0.1) is 0 Å². The number of nitriles is 1. The van der Waals surface area contributed by atoms with E-state index in [1.165, 1.54) is 0 Å². The number of rotatable bonds is 4. The molecule has 0 amide bonds. The normalized spacial score (nSPS) is 11.2. The Morgan fingerprint density at radius 3 is 2.76 bits per heavy atom. The number of nitrogens with one attached hydrogen (secondary N) is 1. The molecule has 0 aliphatic heterocycles. The van der Waals surface area contributed by atoms with Crippen LogP contribution in [-0.2, 0) is 0 Å². The molecular formula is C22H15BrN4OS. The molecule has 3 aromatic carbocycles. The predicted molar refractivity (Wildman–Crippen MR) is 121 cm³/mol. The van der Waals surface area contributed by atoms with Gasteiger partial charge in [0.15, 0.2) is 0 Å². The number of benzene rings is 3. The third-order valence-corrected chi connectivity index (χ3v) is 6.12. The summed E-state index contributed by atoms with van der Waals surface area (Å²) < 4.78 is 2.35. The number of aromatic amines is 1. The Hall–Kier alpha value is -3.08. The van der Waals surface area contributed by atoms with Crippen molar-refractivity contribution >= 4 is 50.4 Å². The lowest BCUT2D eigenvalue weighted by molar-refractivity contribution is 0.841. The molecule has 0 saturated heterocycles. The van der Waals surface area contributed by atoms with Crippen LogP contribution in [0.1, 0.15) is 11.3 Å². The van der Waals surface area contributed by atoms with E-state index in [4.69, 9.17) is 5.26 Å². The molecule has 0 radical (unpaired) electrons. The summed E-state index contributed by atoms with van der Waals surface area (Å²) in [6.45, 7) is 1.85. The first-order chi connectivity index (χ1) is 14.1. The summed E-state index contributed by atoms with van der Waals surface area (Å²) in [5, 5.41) is 16.1. The van der Waals surface area contributed by atoms with E-state index < -0.39 is 0 Å². The van der Waals surface area contributed by atoms with Crippen molar-refractivity contribution in [1.82, 2.24) is 9.78 Å². The molecule has 29 heavy (non-hydrogen) atoms. The van der Waals surface area contributed by atoms with Gasteiger partial charge in [-0.1, -0.05) is 36.4 Å². The Labute approximate surface area is 179 Å². The van der Waals surface area contributed by atoms with E-state index in [1.807, 2.05) is 73.0 Å². The Morgan fingerprint density at radius 2 is 1.97 bits per heavy atom. The molecule has 0 unspecified atom stereocenters. The zero-order valence-corrected chi connectivity index (χ0v) is 17.8. The fourth-order valence-electron chi connectivity index (χ4n) is 3.13. The number of aliphatic imine (C=N–C) groups is 1. The minimum atomic E-state index is -0.154. The first-order valence-electron chi connectivity index (χ1n) is 8.78. The van der Waals surface area contributed by atoms with Gasteiger partial charge in [0.25, 0.3) is 5.56 Å². The lowest BCUT2D eigenvalue weighted by atomic mass is 10.1. The van der Waals surface area contributed by atoms with E-state index in [1.54, 1.807) is 10.9 Å². The molecule has 4 aromatic rings. The lowest BCUT2D eigenvalue weighted by Gasteiger charge is -2.06. The number of hydrogen-bond donors (Lipinski definition) is 1. The van der Waals surface area contributed by atoms with E-state index in [0.717, 1.165) is 43.3 Å². The molecule has 1 aromatic heterocycles. The molecular weight excluding hydrogens is 448 g/mol. The van der Waals surface area contributed by atoms with Gasteiger partial charge in [0.1, 0.15) is 5.40 Å². The zero-order chi connectivity index (χ0) is 20.4. The summed E-state index contributed by atoms with van der Waals surface area (Å²) in [7, 11) is 0. The van der Waals surface area contributed by atoms with Crippen LogP contribution in [0.4, 0.5) is 5.69 Å². The minimum absolute atomic E-state index is 0.154. The summed E-state index contributed by atoms with van der Waals surface area (Å²) in [5.74, 6) is 0. The molecule has 7 heteroatoms. The molecule has 0 bridgehead atoms.